The molecule has 28 heavy (non-hydrogen) atoms. The number of amides is 2. The van der Waals surface area contributed by atoms with Crippen LogP contribution in [0.5, 0.6) is 0 Å². The van der Waals surface area contributed by atoms with Gasteiger partial charge in [0.25, 0.3) is 5.91 Å². The van der Waals surface area contributed by atoms with Gasteiger partial charge in [-0.2, -0.15) is 0 Å². The van der Waals surface area contributed by atoms with E-state index in [0.29, 0.717) is 25.3 Å². The summed E-state index contributed by atoms with van der Waals surface area (Å²) in [6.07, 6.45) is 5.90. The van der Waals surface area contributed by atoms with Crippen molar-refractivity contribution >= 4 is 11.8 Å². The van der Waals surface area contributed by atoms with Crippen LogP contribution in [-0.2, 0) is 14.3 Å². The van der Waals surface area contributed by atoms with E-state index in [-0.39, 0.29) is 23.8 Å². The molecule has 1 aromatic carbocycles. The highest BCUT2D eigenvalue weighted by Crippen LogP contribution is 2.50. The molecule has 1 saturated heterocycles. The number of benzene rings is 1. The summed E-state index contributed by atoms with van der Waals surface area (Å²) in [7, 11) is 1.63. The monoisotopic (exact) mass is 386 g/mol. The van der Waals surface area contributed by atoms with Gasteiger partial charge in [-0.15, -0.1) is 0 Å². The average molecular weight is 386 g/mol. The predicted octanol–water partition coefficient (Wildman–Crippen LogP) is 2.48. The molecule has 2 amide bonds. The van der Waals surface area contributed by atoms with Gasteiger partial charge in [-0.1, -0.05) is 31.0 Å². The molecule has 2 heterocycles. The summed E-state index contributed by atoms with van der Waals surface area (Å²) in [5.41, 5.74) is 1.08. The molecule has 0 aromatic heterocycles. The minimum absolute atomic E-state index is 0.00348. The first kappa shape index (κ1) is 19.4. The lowest BCUT2D eigenvalue weighted by atomic mass is 9.71. The van der Waals surface area contributed by atoms with E-state index in [1.54, 1.807) is 7.11 Å². The van der Waals surface area contributed by atoms with Gasteiger partial charge in [-0.25, -0.2) is 0 Å². The van der Waals surface area contributed by atoms with Crippen LogP contribution in [0, 0.1) is 0 Å². The smallest absolute Gasteiger partial charge is 0.254 e. The summed E-state index contributed by atoms with van der Waals surface area (Å²) in [6, 6.07) is 7.63. The first-order chi connectivity index (χ1) is 13.7. The van der Waals surface area contributed by atoms with Crippen molar-refractivity contribution in [1.29, 1.82) is 0 Å². The fourth-order valence-electron chi connectivity index (χ4n) is 5.30. The van der Waals surface area contributed by atoms with E-state index in [9.17, 15) is 9.59 Å². The number of hydrogen-bond donors (Lipinski definition) is 1. The summed E-state index contributed by atoms with van der Waals surface area (Å²) < 4.78 is 11.0. The van der Waals surface area contributed by atoms with Crippen LogP contribution in [0.3, 0.4) is 0 Å². The van der Waals surface area contributed by atoms with Gasteiger partial charge in [-0.05, 0) is 37.3 Å². The zero-order valence-corrected chi connectivity index (χ0v) is 16.6. The number of nitrogens with one attached hydrogen (secondary N) is 1. The molecule has 0 unspecified atom stereocenters. The van der Waals surface area contributed by atoms with Crippen molar-refractivity contribution in [2.45, 2.75) is 56.1 Å². The van der Waals surface area contributed by atoms with Gasteiger partial charge >= 0.3 is 0 Å². The second kappa shape index (κ2) is 8.21. The van der Waals surface area contributed by atoms with Crippen LogP contribution in [0.2, 0.25) is 0 Å². The van der Waals surface area contributed by atoms with E-state index in [2.05, 4.69) is 5.32 Å². The van der Waals surface area contributed by atoms with Crippen molar-refractivity contribution in [2.24, 2.45) is 0 Å². The summed E-state index contributed by atoms with van der Waals surface area (Å²) >= 11 is 0. The Kier molecular flexibility index (Phi) is 5.69. The van der Waals surface area contributed by atoms with Crippen molar-refractivity contribution in [3.8, 4) is 0 Å². The van der Waals surface area contributed by atoms with E-state index in [0.717, 1.165) is 50.7 Å². The minimum Gasteiger partial charge on any atom is -0.383 e. The summed E-state index contributed by atoms with van der Waals surface area (Å²) in [5, 5.41) is 3.04. The first-order valence-electron chi connectivity index (χ1n) is 10.5. The fourth-order valence-corrected chi connectivity index (χ4v) is 5.30. The minimum atomic E-state index is -0.450. The lowest BCUT2D eigenvalue weighted by Gasteiger charge is -2.50. The lowest BCUT2D eigenvalue weighted by Crippen LogP contribution is -2.62. The zero-order chi connectivity index (χ0) is 19.6. The third-order valence-electron chi connectivity index (χ3n) is 6.57. The Morgan fingerprint density at radius 1 is 1.29 bits per heavy atom. The molecule has 6 heteroatoms. The maximum absolute atomic E-state index is 13.5. The van der Waals surface area contributed by atoms with Gasteiger partial charge in [0.2, 0.25) is 5.91 Å². The van der Waals surface area contributed by atoms with Crippen LogP contribution >= 0.6 is 0 Å². The molecule has 4 rings (SSSR count). The van der Waals surface area contributed by atoms with E-state index in [1.807, 2.05) is 29.2 Å². The summed E-state index contributed by atoms with van der Waals surface area (Å²) in [6.45, 7) is 2.29. The van der Waals surface area contributed by atoms with Crippen molar-refractivity contribution in [1.82, 2.24) is 10.2 Å². The number of carbonyl (C=O) groups is 2. The van der Waals surface area contributed by atoms with E-state index in [1.165, 1.54) is 0 Å². The van der Waals surface area contributed by atoms with Crippen LogP contribution in [0.15, 0.2) is 24.3 Å². The zero-order valence-electron chi connectivity index (χ0n) is 16.6. The fraction of sp³-hybridized carbons (Fsp3) is 0.636. The molecule has 3 aliphatic rings. The molecule has 1 saturated carbocycles. The van der Waals surface area contributed by atoms with Crippen LogP contribution in [-0.4, -0.2) is 61.8 Å². The highest BCUT2D eigenvalue weighted by atomic mass is 16.5. The van der Waals surface area contributed by atoms with Gasteiger partial charge in [0.15, 0.2) is 0 Å². The quantitative estimate of drug-likeness (QED) is 0.763. The Morgan fingerprint density at radius 2 is 2.07 bits per heavy atom. The predicted molar refractivity (Wildman–Crippen MR) is 105 cm³/mol. The molecule has 1 aliphatic carbocycles. The van der Waals surface area contributed by atoms with Gasteiger partial charge in [-0.3, -0.25) is 9.59 Å². The van der Waals surface area contributed by atoms with Crippen LogP contribution in [0.25, 0.3) is 0 Å². The standard InChI is InChI=1S/C22H30N2O4/c1-27-14-12-23-20(25)19-17-8-2-3-9-18(17)21(26)24(15-16-7-6-13-28-16)22(19)10-4-5-11-22/h2-3,8-9,16,19H,4-7,10-15H2,1H3,(H,23,25)/t16-,19-/m1/s1. The number of rotatable bonds is 6. The van der Waals surface area contributed by atoms with Gasteiger partial charge < -0.3 is 19.7 Å². The topological polar surface area (TPSA) is 67.9 Å². The van der Waals surface area contributed by atoms with E-state index < -0.39 is 5.54 Å². The largest absolute Gasteiger partial charge is 0.383 e. The lowest BCUT2D eigenvalue weighted by molar-refractivity contribution is -0.127. The number of fused-ring (bicyclic) bond motifs is 1. The molecule has 2 aliphatic heterocycles. The maximum atomic E-state index is 13.5. The highest BCUT2D eigenvalue weighted by Gasteiger charge is 2.55. The number of methoxy groups -OCH3 is 1. The number of carbonyl (C=O) groups excluding carboxylic acids is 2. The Balaban J connectivity index is 1.73. The number of nitrogens with zero attached hydrogens (tertiary/aromatic N) is 1. The second-order valence-electron chi connectivity index (χ2n) is 8.17. The van der Waals surface area contributed by atoms with Crippen LogP contribution < -0.4 is 5.32 Å². The van der Waals surface area contributed by atoms with E-state index >= 15 is 0 Å². The Morgan fingerprint density at radius 3 is 2.79 bits per heavy atom. The third-order valence-corrected chi connectivity index (χ3v) is 6.57. The second-order valence-corrected chi connectivity index (χ2v) is 8.17. The summed E-state index contributed by atoms with van der Waals surface area (Å²) in [5.74, 6) is -0.299. The third kappa shape index (κ3) is 3.33. The molecule has 0 bridgehead atoms. The summed E-state index contributed by atoms with van der Waals surface area (Å²) in [4.78, 5) is 28.9. The Labute approximate surface area is 166 Å². The Hall–Kier alpha value is -1.92. The molecule has 1 aromatic rings. The van der Waals surface area contributed by atoms with Crippen molar-refractivity contribution in [2.75, 3.05) is 33.4 Å². The molecule has 1 spiro atoms. The number of ether oxygens (including phenoxy) is 2. The van der Waals surface area contributed by atoms with Crippen LogP contribution in [0.1, 0.15) is 60.4 Å². The highest BCUT2D eigenvalue weighted by molar-refractivity contribution is 6.02. The van der Waals surface area contributed by atoms with Gasteiger partial charge in [0.05, 0.1) is 24.2 Å². The molecular formula is C22H30N2O4. The molecular weight excluding hydrogens is 356 g/mol. The van der Waals surface area contributed by atoms with Gasteiger partial charge in [0.1, 0.15) is 0 Å². The molecule has 2 atom stereocenters. The Bertz CT molecular complexity index is 723. The van der Waals surface area contributed by atoms with Crippen LogP contribution in [0.4, 0.5) is 0 Å². The normalized spacial score (nSPS) is 25.9. The van der Waals surface area contributed by atoms with E-state index in [4.69, 9.17) is 9.47 Å². The maximum Gasteiger partial charge on any atom is 0.254 e. The average Bonchev–Trinajstić information content (AvgIpc) is 3.38. The van der Waals surface area contributed by atoms with Gasteiger partial charge in [0, 0.05) is 32.4 Å². The number of hydrogen-bond acceptors (Lipinski definition) is 4. The molecule has 1 N–H and O–H groups in total. The molecule has 6 nitrogen and oxygen atoms in total. The van der Waals surface area contributed by atoms with Crippen molar-refractivity contribution in [3.63, 3.8) is 0 Å². The van der Waals surface area contributed by atoms with Crippen molar-refractivity contribution in [3.05, 3.63) is 35.4 Å². The SMILES string of the molecule is COCCNC(=O)[C@H]1c2ccccc2C(=O)N(C[C@H]2CCCO2)C12CCCC2. The molecule has 2 fully saturated rings. The van der Waals surface area contributed by atoms with Crippen molar-refractivity contribution < 1.29 is 19.1 Å². The molecule has 0 radical (unpaired) electrons. The first-order valence-corrected chi connectivity index (χ1v) is 10.5. The molecule has 152 valence electrons.